The molecule has 0 spiro atoms. The van der Waals surface area contributed by atoms with E-state index in [0.717, 1.165) is 12.8 Å². The maximum atomic E-state index is 12.2. The van der Waals surface area contributed by atoms with Crippen LogP contribution >= 0.6 is 11.8 Å². The van der Waals surface area contributed by atoms with Gasteiger partial charge in [0.25, 0.3) is 0 Å². The summed E-state index contributed by atoms with van der Waals surface area (Å²) in [5.41, 5.74) is -0.802. The fourth-order valence-electron chi connectivity index (χ4n) is 2.52. The molecule has 0 aliphatic carbocycles. The molecule has 1 unspecified atom stereocenters. The minimum absolute atomic E-state index is 0.0749. The Morgan fingerprint density at radius 1 is 1.40 bits per heavy atom. The molecule has 0 aromatic rings. The molecular formula is C14H26N2O3S. The molecule has 20 heavy (non-hydrogen) atoms. The molecule has 5 nitrogen and oxygen atoms in total. The zero-order chi connectivity index (χ0) is 15.4. The third-order valence-electron chi connectivity index (χ3n) is 4.56. The highest BCUT2D eigenvalue weighted by atomic mass is 32.2. The number of urea groups is 1. The number of likely N-dealkylation sites (tertiary alicyclic amines) is 1. The van der Waals surface area contributed by atoms with Crippen LogP contribution in [0.2, 0.25) is 0 Å². The molecule has 1 atom stereocenters. The summed E-state index contributed by atoms with van der Waals surface area (Å²) in [5, 5.41) is 12.2. The molecule has 0 saturated carbocycles. The normalized spacial score (nSPS) is 22.9. The third-order valence-corrected chi connectivity index (χ3v) is 6.15. The van der Waals surface area contributed by atoms with Crippen molar-refractivity contribution in [3.8, 4) is 0 Å². The fraction of sp³-hybridized carbons (Fsp3) is 0.857. The van der Waals surface area contributed by atoms with Gasteiger partial charge < -0.3 is 15.3 Å². The molecule has 1 saturated heterocycles. The zero-order valence-electron chi connectivity index (χ0n) is 12.9. The number of hydrogen-bond acceptors (Lipinski definition) is 3. The number of amides is 2. The highest BCUT2D eigenvalue weighted by molar-refractivity contribution is 8.00. The SMILES string of the molecule is CCC(CC)(CNC(=O)N1CCC(C)(C(=O)O)C1)SC. The summed E-state index contributed by atoms with van der Waals surface area (Å²) in [5.74, 6) is -0.826. The molecule has 1 fully saturated rings. The first kappa shape index (κ1) is 17.1. The first-order valence-electron chi connectivity index (χ1n) is 7.14. The van der Waals surface area contributed by atoms with Crippen LogP contribution in [0.15, 0.2) is 0 Å². The van der Waals surface area contributed by atoms with Crippen LogP contribution in [0.5, 0.6) is 0 Å². The van der Waals surface area contributed by atoms with E-state index in [2.05, 4.69) is 25.4 Å². The molecule has 0 bridgehead atoms. The number of carboxylic acid groups (broad SMARTS) is 1. The Kier molecular flexibility index (Phi) is 5.74. The number of thioether (sulfide) groups is 1. The van der Waals surface area contributed by atoms with Gasteiger partial charge in [0, 0.05) is 24.4 Å². The zero-order valence-corrected chi connectivity index (χ0v) is 13.7. The fourth-order valence-corrected chi connectivity index (χ4v) is 3.31. The van der Waals surface area contributed by atoms with Gasteiger partial charge in [-0.3, -0.25) is 4.79 Å². The summed E-state index contributed by atoms with van der Waals surface area (Å²) in [6, 6.07) is -0.143. The number of aliphatic carboxylic acids is 1. The lowest BCUT2D eigenvalue weighted by molar-refractivity contribution is -0.146. The lowest BCUT2D eigenvalue weighted by atomic mass is 9.90. The Labute approximate surface area is 125 Å². The van der Waals surface area contributed by atoms with E-state index in [1.807, 2.05) is 0 Å². The molecule has 0 aromatic heterocycles. The lowest BCUT2D eigenvalue weighted by Gasteiger charge is -2.31. The summed E-state index contributed by atoms with van der Waals surface area (Å²) in [7, 11) is 0. The lowest BCUT2D eigenvalue weighted by Crippen LogP contribution is -2.46. The summed E-state index contributed by atoms with van der Waals surface area (Å²) in [4.78, 5) is 25.0. The van der Waals surface area contributed by atoms with Crippen LogP contribution in [0.1, 0.15) is 40.0 Å². The van der Waals surface area contributed by atoms with Crippen LogP contribution in [-0.4, -0.2) is 52.6 Å². The highest BCUT2D eigenvalue weighted by Gasteiger charge is 2.42. The van der Waals surface area contributed by atoms with Gasteiger partial charge in [0.05, 0.1) is 5.41 Å². The summed E-state index contributed by atoms with van der Waals surface area (Å²) in [6.45, 7) is 7.39. The van der Waals surface area contributed by atoms with Crippen molar-refractivity contribution in [3.63, 3.8) is 0 Å². The molecule has 1 heterocycles. The van der Waals surface area contributed by atoms with Crippen LogP contribution in [-0.2, 0) is 4.79 Å². The van der Waals surface area contributed by atoms with Crippen molar-refractivity contribution in [2.24, 2.45) is 5.41 Å². The van der Waals surface area contributed by atoms with Crippen molar-refractivity contribution in [2.75, 3.05) is 25.9 Å². The van der Waals surface area contributed by atoms with Gasteiger partial charge in [0.15, 0.2) is 0 Å². The highest BCUT2D eigenvalue weighted by Crippen LogP contribution is 2.31. The van der Waals surface area contributed by atoms with Crippen LogP contribution in [0.25, 0.3) is 0 Å². The Morgan fingerprint density at radius 2 is 2.00 bits per heavy atom. The number of carbonyl (C=O) groups is 2. The molecule has 0 aromatic carbocycles. The number of hydrogen-bond donors (Lipinski definition) is 2. The molecule has 1 aliphatic heterocycles. The van der Waals surface area contributed by atoms with E-state index >= 15 is 0 Å². The predicted octanol–water partition coefficient (Wildman–Crippen LogP) is 2.41. The topological polar surface area (TPSA) is 69.6 Å². The standard InChI is InChI=1S/C14H26N2O3S/c1-5-14(6-2,20-4)9-15-12(19)16-8-7-13(3,10-16)11(17)18/h5-10H2,1-4H3,(H,15,19)(H,17,18). The molecule has 2 amide bonds. The third kappa shape index (κ3) is 3.59. The number of rotatable bonds is 6. The maximum Gasteiger partial charge on any atom is 0.317 e. The number of nitrogens with zero attached hydrogens (tertiary/aromatic N) is 1. The first-order chi connectivity index (χ1) is 9.32. The van der Waals surface area contributed by atoms with Crippen molar-refractivity contribution in [3.05, 3.63) is 0 Å². The molecular weight excluding hydrogens is 276 g/mol. The van der Waals surface area contributed by atoms with Crippen molar-refractivity contribution >= 4 is 23.8 Å². The minimum atomic E-state index is -0.826. The molecule has 2 N–H and O–H groups in total. The Balaban J connectivity index is 2.55. The van der Waals surface area contributed by atoms with E-state index in [-0.39, 0.29) is 10.8 Å². The average Bonchev–Trinajstić information content (AvgIpc) is 2.85. The van der Waals surface area contributed by atoms with Gasteiger partial charge in [0.1, 0.15) is 0 Å². The van der Waals surface area contributed by atoms with Crippen molar-refractivity contribution < 1.29 is 14.7 Å². The number of nitrogens with one attached hydrogen (secondary N) is 1. The Hall–Kier alpha value is -0.910. The average molecular weight is 302 g/mol. The van der Waals surface area contributed by atoms with E-state index in [1.54, 1.807) is 23.6 Å². The maximum absolute atomic E-state index is 12.2. The number of carbonyl (C=O) groups excluding carboxylic acids is 1. The van der Waals surface area contributed by atoms with Crippen LogP contribution in [0, 0.1) is 5.41 Å². The van der Waals surface area contributed by atoms with E-state index in [1.165, 1.54) is 0 Å². The summed E-state index contributed by atoms with van der Waals surface area (Å²) < 4.78 is 0.0749. The van der Waals surface area contributed by atoms with Gasteiger partial charge >= 0.3 is 12.0 Å². The predicted molar refractivity (Wildman–Crippen MR) is 82.2 cm³/mol. The largest absolute Gasteiger partial charge is 0.481 e. The number of carboxylic acids is 1. The van der Waals surface area contributed by atoms with Crippen molar-refractivity contribution in [1.82, 2.24) is 10.2 Å². The second-order valence-corrected chi connectivity index (χ2v) is 7.06. The van der Waals surface area contributed by atoms with Crippen LogP contribution in [0.3, 0.4) is 0 Å². The van der Waals surface area contributed by atoms with Crippen molar-refractivity contribution in [1.29, 1.82) is 0 Å². The van der Waals surface area contributed by atoms with Gasteiger partial charge in [-0.25, -0.2) is 4.79 Å². The molecule has 6 heteroatoms. The van der Waals surface area contributed by atoms with E-state index in [9.17, 15) is 14.7 Å². The monoisotopic (exact) mass is 302 g/mol. The van der Waals surface area contributed by atoms with Crippen molar-refractivity contribution in [2.45, 2.75) is 44.8 Å². The van der Waals surface area contributed by atoms with Crippen LogP contribution in [0.4, 0.5) is 4.79 Å². The van der Waals surface area contributed by atoms with E-state index in [0.29, 0.717) is 26.1 Å². The second kappa shape index (κ2) is 6.70. The quantitative estimate of drug-likeness (QED) is 0.790. The Morgan fingerprint density at radius 3 is 2.40 bits per heavy atom. The van der Waals surface area contributed by atoms with Gasteiger partial charge in [0.2, 0.25) is 0 Å². The smallest absolute Gasteiger partial charge is 0.317 e. The van der Waals surface area contributed by atoms with Gasteiger partial charge in [-0.05, 0) is 32.4 Å². The molecule has 0 radical (unpaired) electrons. The molecule has 1 aliphatic rings. The minimum Gasteiger partial charge on any atom is -0.481 e. The first-order valence-corrected chi connectivity index (χ1v) is 8.36. The van der Waals surface area contributed by atoms with Gasteiger partial charge in [-0.15, -0.1) is 0 Å². The second-order valence-electron chi connectivity index (χ2n) is 5.79. The van der Waals surface area contributed by atoms with Gasteiger partial charge in [-0.2, -0.15) is 11.8 Å². The Bertz CT molecular complexity index is 363. The van der Waals surface area contributed by atoms with Crippen LogP contribution < -0.4 is 5.32 Å². The van der Waals surface area contributed by atoms with Gasteiger partial charge in [-0.1, -0.05) is 13.8 Å². The van der Waals surface area contributed by atoms with E-state index in [4.69, 9.17) is 0 Å². The summed E-state index contributed by atoms with van der Waals surface area (Å²) in [6.07, 6.45) is 4.58. The summed E-state index contributed by atoms with van der Waals surface area (Å²) >= 11 is 1.78. The molecule has 1 rings (SSSR count). The van der Waals surface area contributed by atoms with E-state index < -0.39 is 11.4 Å². The molecule has 116 valence electrons.